The zero-order chi connectivity index (χ0) is 46.0. The first-order valence-corrected chi connectivity index (χ1v) is 24.0. The maximum atomic E-state index is 14.4. The third kappa shape index (κ3) is 8.34. The molecule has 4 N–H and O–H groups in total. The Labute approximate surface area is 387 Å². The van der Waals surface area contributed by atoms with Gasteiger partial charge in [0.05, 0.1) is 46.9 Å². The first kappa shape index (κ1) is 43.4. The molecule has 352 valence electrons. The number of likely N-dealkylation sites (tertiary alicyclic amines) is 2. The quantitative estimate of drug-likeness (QED) is 0.100. The van der Waals surface area contributed by atoms with Gasteiger partial charge >= 0.3 is 12.2 Å². The smallest absolute Gasteiger partial charge is 0.407 e. The van der Waals surface area contributed by atoms with Crippen LogP contribution in [0.4, 0.5) is 9.59 Å². The Morgan fingerprint density at radius 1 is 0.791 bits per heavy atom. The number of carbonyl (C=O) groups excluding carboxylic acids is 3. The Hall–Kier alpha value is -6.20. The number of nitrogens with one attached hydrogen (secondary N) is 3. The zero-order valence-corrected chi connectivity index (χ0v) is 38.0. The van der Waals surface area contributed by atoms with Crippen LogP contribution in [0.2, 0.25) is 0 Å². The molecule has 0 radical (unpaired) electrons. The molecule has 67 heavy (non-hydrogen) atoms. The van der Waals surface area contributed by atoms with Crippen molar-refractivity contribution < 1.29 is 43.2 Å². The predicted molar refractivity (Wildman–Crippen MR) is 245 cm³/mol. The summed E-state index contributed by atoms with van der Waals surface area (Å²) in [6.45, 7) is 2.22. The molecule has 4 amide bonds. The second-order valence-corrected chi connectivity index (χ2v) is 19.7. The molecule has 6 aliphatic rings. The number of carboxylic acid groups (broad SMARTS) is 1. The number of ether oxygens (including phenoxy) is 4. The molecule has 5 aromatic rings. The molecule has 3 aromatic carbocycles. The van der Waals surface area contributed by atoms with Crippen LogP contribution in [0.3, 0.4) is 0 Å². The van der Waals surface area contributed by atoms with Crippen molar-refractivity contribution in [3.63, 3.8) is 0 Å². The number of hydrogen-bond donors (Lipinski definition) is 4. The molecule has 0 bridgehead atoms. The van der Waals surface area contributed by atoms with E-state index < -0.39 is 24.3 Å². The molecule has 2 aromatic heterocycles. The van der Waals surface area contributed by atoms with Crippen molar-refractivity contribution in [1.29, 1.82) is 0 Å². The summed E-state index contributed by atoms with van der Waals surface area (Å²) < 4.78 is 23.5. The lowest BCUT2D eigenvalue weighted by Gasteiger charge is -2.40. The molecule has 4 unspecified atom stereocenters. The summed E-state index contributed by atoms with van der Waals surface area (Å²) in [5.41, 5.74) is 4.69. The van der Waals surface area contributed by atoms with Crippen LogP contribution in [0.5, 0.6) is 11.5 Å². The number of likely N-dealkylation sites (N-methyl/N-ethyl adjacent to an activating group) is 1. The molecule has 6 heterocycles. The summed E-state index contributed by atoms with van der Waals surface area (Å²) in [7, 11) is 2.83. The molecule has 11 rings (SSSR count). The molecular formula is C50H58N8O9. The van der Waals surface area contributed by atoms with E-state index in [1.807, 2.05) is 64.4 Å². The maximum Gasteiger partial charge on any atom is 0.407 e. The lowest BCUT2D eigenvalue weighted by molar-refractivity contribution is -0.142. The number of amides is 4. The van der Waals surface area contributed by atoms with Gasteiger partial charge in [0, 0.05) is 33.4 Å². The molecule has 4 aliphatic heterocycles. The third-order valence-electron chi connectivity index (χ3n) is 15.4. The van der Waals surface area contributed by atoms with Crippen molar-refractivity contribution in [2.75, 3.05) is 40.5 Å². The number of nitrogens with zero attached hydrogens (tertiary/aromatic N) is 5. The van der Waals surface area contributed by atoms with Gasteiger partial charge in [-0.25, -0.2) is 19.6 Å². The molecule has 17 heteroatoms. The monoisotopic (exact) mass is 914 g/mol. The Morgan fingerprint density at radius 2 is 1.42 bits per heavy atom. The summed E-state index contributed by atoms with van der Waals surface area (Å²) in [5.74, 6) is 2.16. The van der Waals surface area contributed by atoms with Gasteiger partial charge in [0.2, 0.25) is 11.8 Å². The molecule has 6 atom stereocenters. The number of para-hydroxylation sites is 1. The number of alkyl carbamates (subject to hydrolysis) is 1. The summed E-state index contributed by atoms with van der Waals surface area (Å²) in [6.07, 6.45) is 8.03. The van der Waals surface area contributed by atoms with Gasteiger partial charge in [-0.3, -0.25) is 14.5 Å². The number of aromatic nitrogens is 4. The van der Waals surface area contributed by atoms with Gasteiger partial charge in [0.25, 0.3) is 0 Å². The van der Waals surface area contributed by atoms with Crippen LogP contribution >= 0.6 is 0 Å². The van der Waals surface area contributed by atoms with Gasteiger partial charge in [-0.05, 0) is 136 Å². The first-order valence-electron chi connectivity index (χ1n) is 24.0. The van der Waals surface area contributed by atoms with Crippen LogP contribution in [0.15, 0.2) is 60.7 Å². The number of hydrogen-bond acceptors (Lipinski definition) is 10. The van der Waals surface area contributed by atoms with Gasteiger partial charge in [0.1, 0.15) is 35.0 Å². The van der Waals surface area contributed by atoms with Crippen LogP contribution < -0.4 is 10.1 Å². The minimum atomic E-state index is -1.11. The van der Waals surface area contributed by atoms with Crippen molar-refractivity contribution in [2.24, 2.45) is 11.8 Å². The number of rotatable bonds is 11. The van der Waals surface area contributed by atoms with Gasteiger partial charge in [-0.2, -0.15) is 0 Å². The van der Waals surface area contributed by atoms with E-state index >= 15 is 0 Å². The second-order valence-electron chi connectivity index (χ2n) is 19.7. The van der Waals surface area contributed by atoms with E-state index in [0.29, 0.717) is 74.2 Å². The average Bonchev–Trinajstić information content (AvgIpc) is 3.85. The van der Waals surface area contributed by atoms with Crippen LogP contribution in [-0.4, -0.2) is 127 Å². The molecule has 2 saturated carbocycles. The summed E-state index contributed by atoms with van der Waals surface area (Å²) >= 11 is 0. The van der Waals surface area contributed by atoms with Crippen LogP contribution in [0, 0.1) is 11.8 Å². The Balaban J connectivity index is 0.780. The highest BCUT2D eigenvalue weighted by molar-refractivity contribution is 5.88. The van der Waals surface area contributed by atoms with E-state index in [1.165, 1.54) is 19.1 Å². The molecule has 6 fully saturated rings. The second kappa shape index (κ2) is 17.1. The molecule has 17 nitrogen and oxygen atoms in total. The van der Waals surface area contributed by atoms with Crippen LogP contribution in [0.1, 0.15) is 101 Å². The van der Waals surface area contributed by atoms with E-state index in [9.17, 15) is 24.3 Å². The van der Waals surface area contributed by atoms with Gasteiger partial charge in [0.15, 0.2) is 5.75 Å². The van der Waals surface area contributed by atoms with E-state index in [-0.39, 0.29) is 46.9 Å². The average molecular weight is 915 g/mol. The van der Waals surface area contributed by atoms with Gasteiger partial charge in [-0.1, -0.05) is 24.3 Å². The standard InChI is InChI=1S/C50H58N8O9/c1-56(48(62)63)42(32-17-25-66-50(28-32)20-21-50)46(60)58-23-5-7-37(58)43-51-34-15-12-30(26-36(34)53-43)29-10-13-33(14-11-29)67-39-9-3-6-35-41(39)54-44(52-35)38-8-4-22-57(38)45(59)40(55-47(61)64-2)31-16-24-65-49(27-31)18-19-49/h3,6,9-15,26,31-32,37-38,40,42H,4-5,7-8,16-25,27-28H2,1-2H3,(H,51,53)(H,52,54)(H,55,61)(H,62,63)/t31?,32?,37-,38-,40?,42?/m0/s1. The number of aromatic amines is 2. The summed E-state index contributed by atoms with van der Waals surface area (Å²) in [4.78, 5) is 75.4. The van der Waals surface area contributed by atoms with Gasteiger partial charge in [-0.15, -0.1) is 0 Å². The number of H-pyrrole nitrogens is 2. The van der Waals surface area contributed by atoms with E-state index in [1.54, 1.807) is 0 Å². The summed E-state index contributed by atoms with van der Waals surface area (Å²) in [6, 6.07) is 17.6. The van der Waals surface area contributed by atoms with Crippen molar-refractivity contribution in [3.8, 4) is 22.6 Å². The normalized spacial score (nSPS) is 24.7. The Bertz CT molecular complexity index is 2710. The summed E-state index contributed by atoms with van der Waals surface area (Å²) in [5, 5.41) is 12.9. The lowest BCUT2D eigenvalue weighted by atomic mass is 9.85. The Kier molecular flexibility index (Phi) is 11.1. The highest BCUT2D eigenvalue weighted by atomic mass is 16.5. The fourth-order valence-electron chi connectivity index (χ4n) is 11.5. The van der Waals surface area contributed by atoms with Crippen LogP contribution in [0.25, 0.3) is 33.2 Å². The molecule has 2 spiro atoms. The third-order valence-corrected chi connectivity index (χ3v) is 15.4. The first-order chi connectivity index (χ1) is 32.5. The largest absolute Gasteiger partial charge is 0.465 e. The highest BCUT2D eigenvalue weighted by Gasteiger charge is 2.53. The number of benzene rings is 3. The maximum absolute atomic E-state index is 14.4. The van der Waals surface area contributed by atoms with Crippen molar-refractivity contribution in [2.45, 2.75) is 112 Å². The fourth-order valence-corrected chi connectivity index (χ4v) is 11.5. The zero-order valence-electron chi connectivity index (χ0n) is 38.0. The minimum Gasteiger partial charge on any atom is -0.465 e. The fraction of sp³-hybridized carbons (Fsp3) is 0.520. The van der Waals surface area contributed by atoms with Crippen molar-refractivity contribution in [3.05, 3.63) is 72.3 Å². The van der Waals surface area contributed by atoms with Crippen LogP contribution in [-0.2, 0) is 23.8 Å². The highest BCUT2D eigenvalue weighted by Crippen LogP contribution is 2.51. The van der Waals surface area contributed by atoms with Crippen molar-refractivity contribution in [1.82, 2.24) is 40.0 Å². The number of methoxy groups -OCH3 is 1. The number of imidazole rings is 2. The van der Waals surface area contributed by atoms with E-state index in [4.69, 9.17) is 28.9 Å². The molecule has 4 saturated heterocycles. The minimum absolute atomic E-state index is 0.0495. The van der Waals surface area contributed by atoms with E-state index in [2.05, 4.69) is 21.4 Å². The van der Waals surface area contributed by atoms with Crippen molar-refractivity contribution >= 4 is 46.1 Å². The topological polar surface area (TPSA) is 205 Å². The van der Waals surface area contributed by atoms with E-state index in [0.717, 1.165) is 85.5 Å². The predicted octanol–water partition coefficient (Wildman–Crippen LogP) is 7.85. The molecule has 2 aliphatic carbocycles. The lowest BCUT2D eigenvalue weighted by Crippen LogP contribution is -2.54. The van der Waals surface area contributed by atoms with Gasteiger partial charge < -0.3 is 49.1 Å². The Morgan fingerprint density at radius 3 is 2.09 bits per heavy atom. The number of fused-ring (bicyclic) bond motifs is 2. The SMILES string of the molecule is COC(=O)NC(C(=O)N1CCC[C@H]1c1nc2c(Oc3ccc(-c4ccc5nc([C@@H]6CCCN6C(=O)C(C6CCOC7(CC7)C6)N(C)C(=O)O)[nH]c5c4)cc3)cccc2[nH]1)C1CCOC2(CC2)C1. The molecular weight excluding hydrogens is 857 g/mol. The number of carbonyl (C=O) groups is 4.